The average Bonchev–Trinajstić information content (AvgIpc) is 1.83. The maximum atomic E-state index is 10.9. The summed E-state index contributed by atoms with van der Waals surface area (Å²) < 4.78 is 5.22. The van der Waals surface area contributed by atoms with Crippen LogP contribution in [0.3, 0.4) is 0 Å². The van der Waals surface area contributed by atoms with E-state index < -0.39 is 0 Å². The number of ether oxygens (including phenoxy) is 1. The van der Waals surface area contributed by atoms with Crippen molar-refractivity contribution in [3.8, 4) is 0 Å². The molecule has 0 saturated carbocycles. The third-order valence-electron chi connectivity index (χ3n) is 1.47. The van der Waals surface area contributed by atoms with Crippen LogP contribution >= 0.6 is 0 Å². The third-order valence-corrected chi connectivity index (χ3v) is 1.47. The molecule has 0 aromatic rings. The van der Waals surface area contributed by atoms with Crippen molar-refractivity contribution in [1.29, 1.82) is 0 Å². The Labute approximate surface area is 60.7 Å². The lowest BCUT2D eigenvalue weighted by molar-refractivity contribution is -0.123. The lowest BCUT2D eigenvalue weighted by Crippen LogP contribution is -2.37. The number of carbonyl (C=O) groups is 1. The molecule has 0 aliphatic carbocycles. The van der Waals surface area contributed by atoms with Crippen molar-refractivity contribution >= 4 is 5.91 Å². The fraction of sp³-hybridized carbons (Fsp3) is 0.857. The number of rotatable bonds is 0. The number of amides is 1. The van der Waals surface area contributed by atoms with Crippen LogP contribution in [0, 0.1) is 0 Å². The molecule has 1 aliphatic rings. The molecular formula is C7H13NO2. The smallest absolute Gasteiger partial charge is 0.220 e. The van der Waals surface area contributed by atoms with E-state index in [1.54, 1.807) is 0 Å². The first-order valence-electron chi connectivity index (χ1n) is 3.66. The molecule has 10 heavy (non-hydrogen) atoms. The summed E-state index contributed by atoms with van der Waals surface area (Å²) in [7, 11) is 0. The van der Waals surface area contributed by atoms with Crippen LogP contribution in [0.1, 0.15) is 19.8 Å². The number of hydrogen-bond donors (Lipinski definition) is 1. The Morgan fingerprint density at radius 2 is 2.50 bits per heavy atom. The molecule has 1 rings (SSSR count). The van der Waals surface area contributed by atoms with Crippen molar-refractivity contribution < 1.29 is 9.53 Å². The molecule has 1 saturated heterocycles. The quantitative estimate of drug-likeness (QED) is 0.529. The molecule has 1 N–H and O–H groups in total. The van der Waals surface area contributed by atoms with Crippen molar-refractivity contribution in [2.24, 2.45) is 0 Å². The molecule has 0 spiro atoms. The van der Waals surface area contributed by atoms with Gasteiger partial charge in [-0.05, 0) is 13.3 Å². The van der Waals surface area contributed by atoms with Crippen LogP contribution in [0.5, 0.6) is 0 Å². The van der Waals surface area contributed by atoms with Gasteiger partial charge in [0.1, 0.15) is 0 Å². The number of hydrogen-bond acceptors (Lipinski definition) is 2. The highest BCUT2D eigenvalue weighted by atomic mass is 16.5. The summed E-state index contributed by atoms with van der Waals surface area (Å²) in [5.41, 5.74) is 0. The normalized spacial score (nSPS) is 28.5. The van der Waals surface area contributed by atoms with E-state index in [4.69, 9.17) is 4.74 Å². The zero-order chi connectivity index (χ0) is 7.40. The van der Waals surface area contributed by atoms with Gasteiger partial charge in [-0.2, -0.15) is 0 Å². The molecule has 0 aromatic heterocycles. The predicted molar refractivity (Wildman–Crippen MR) is 37.7 cm³/mol. The fourth-order valence-electron chi connectivity index (χ4n) is 0.984. The second-order valence-electron chi connectivity index (χ2n) is 2.65. The van der Waals surface area contributed by atoms with Gasteiger partial charge in [0.05, 0.1) is 6.61 Å². The molecule has 0 bridgehead atoms. The molecule has 58 valence electrons. The molecule has 1 amide bonds. The summed E-state index contributed by atoms with van der Waals surface area (Å²) in [6.45, 7) is 3.31. The first kappa shape index (κ1) is 7.54. The van der Waals surface area contributed by atoms with Gasteiger partial charge in [-0.1, -0.05) is 0 Å². The topological polar surface area (TPSA) is 38.3 Å². The van der Waals surface area contributed by atoms with E-state index in [1.807, 2.05) is 6.92 Å². The van der Waals surface area contributed by atoms with E-state index in [-0.39, 0.29) is 11.9 Å². The Balaban J connectivity index is 2.32. The van der Waals surface area contributed by atoms with Crippen molar-refractivity contribution in [3.05, 3.63) is 0 Å². The maximum absolute atomic E-state index is 10.9. The largest absolute Gasteiger partial charge is 0.379 e. The Hall–Kier alpha value is -0.570. The van der Waals surface area contributed by atoms with Gasteiger partial charge in [-0.3, -0.25) is 4.79 Å². The molecule has 1 aliphatic heterocycles. The molecule has 1 atom stereocenters. The predicted octanol–water partition coefficient (Wildman–Crippen LogP) is 0.301. The van der Waals surface area contributed by atoms with Crippen LogP contribution in [-0.2, 0) is 9.53 Å². The summed E-state index contributed by atoms with van der Waals surface area (Å²) in [6, 6.07) is 0.174. The van der Waals surface area contributed by atoms with Gasteiger partial charge in [0.2, 0.25) is 5.91 Å². The first-order chi connectivity index (χ1) is 4.79. The highest BCUT2D eigenvalue weighted by Crippen LogP contribution is 1.97. The van der Waals surface area contributed by atoms with Crippen LogP contribution in [0.4, 0.5) is 0 Å². The average molecular weight is 143 g/mol. The van der Waals surface area contributed by atoms with Crippen LogP contribution < -0.4 is 5.32 Å². The van der Waals surface area contributed by atoms with Crippen molar-refractivity contribution in [2.75, 3.05) is 13.2 Å². The first-order valence-corrected chi connectivity index (χ1v) is 3.66. The van der Waals surface area contributed by atoms with Crippen LogP contribution in [0.25, 0.3) is 0 Å². The number of nitrogens with one attached hydrogen (secondary N) is 1. The van der Waals surface area contributed by atoms with Gasteiger partial charge in [-0.25, -0.2) is 0 Å². The Bertz CT molecular complexity index is 125. The van der Waals surface area contributed by atoms with Gasteiger partial charge in [0.25, 0.3) is 0 Å². The van der Waals surface area contributed by atoms with E-state index >= 15 is 0 Å². The van der Waals surface area contributed by atoms with Crippen molar-refractivity contribution in [3.63, 3.8) is 0 Å². The molecule has 0 radical (unpaired) electrons. The minimum atomic E-state index is 0.149. The van der Waals surface area contributed by atoms with Gasteiger partial charge in [-0.15, -0.1) is 0 Å². The molecular weight excluding hydrogens is 130 g/mol. The summed E-state index contributed by atoms with van der Waals surface area (Å²) in [5.74, 6) is 0.149. The molecule has 1 fully saturated rings. The highest BCUT2D eigenvalue weighted by molar-refractivity contribution is 5.76. The van der Waals surface area contributed by atoms with E-state index in [9.17, 15) is 4.79 Å². The van der Waals surface area contributed by atoms with Gasteiger partial charge >= 0.3 is 0 Å². The Morgan fingerprint density at radius 1 is 1.70 bits per heavy atom. The molecule has 0 aromatic carbocycles. The van der Waals surface area contributed by atoms with Gasteiger partial charge < -0.3 is 10.1 Å². The van der Waals surface area contributed by atoms with Crippen LogP contribution in [-0.4, -0.2) is 25.2 Å². The monoisotopic (exact) mass is 143 g/mol. The van der Waals surface area contributed by atoms with Crippen LogP contribution in [0.15, 0.2) is 0 Å². The minimum Gasteiger partial charge on any atom is -0.379 e. The van der Waals surface area contributed by atoms with Crippen molar-refractivity contribution in [2.45, 2.75) is 25.8 Å². The Morgan fingerprint density at radius 3 is 3.30 bits per heavy atom. The fourth-order valence-corrected chi connectivity index (χ4v) is 0.984. The molecule has 0 unspecified atom stereocenters. The molecule has 3 nitrogen and oxygen atoms in total. The highest BCUT2D eigenvalue weighted by Gasteiger charge is 2.09. The maximum Gasteiger partial charge on any atom is 0.220 e. The van der Waals surface area contributed by atoms with E-state index in [1.165, 1.54) is 0 Å². The summed E-state index contributed by atoms with van der Waals surface area (Å²) in [5, 5.41) is 2.82. The second-order valence-corrected chi connectivity index (χ2v) is 2.65. The number of carbonyl (C=O) groups excluding carboxylic acids is 1. The van der Waals surface area contributed by atoms with Crippen molar-refractivity contribution in [1.82, 2.24) is 5.32 Å². The summed E-state index contributed by atoms with van der Waals surface area (Å²) in [4.78, 5) is 10.9. The summed E-state index contributed by atoms with van der Waals surface area (Å²) >= 11 is 0. The minimum absolute atomic E-state index is 0.149. The summed E-state index contributed by atoms with van der Waals surface area (Å²) in [6.07, 6.45) is 1.45. The molecule has 3 heteroatoms. The van der Waals surface area contributed by atoms with E-state index in [0.717, 1.165) is 13.0 Å². The zero-order valence-electron chi connectivity index (χ0n) is 6.22. The van der Waals surface area contributed by atoms with E-state index in [2.05, 4.69) is 5.32 Å². The van der Waals surface area contributed by atoms with E-state index in [0.29, 0.717) is 13.0 Å². The van der Waals surface area contributed by atoms with Gasteiger partial charge in [0, 0.05) is 19.1 Å². The third kappa shape index (κ3) is 2.35. The van der Waals surface area contributed by atoms with Crippen LogP contribution in [0.2, 0.25) is 0 Å². The SMILES string of the molecule is C[C@H]1COCCCC(=O)N1. The zero-order valence-corrected chi connectivity index (χ0v) is 6.22. The Kier molecular flexibility index (Phi) is 2.68. The second kappa shape index (κ2) is 3.56. The van der Waals surface area contributed by atoms with Gasteiger partial charge in [0.15, 0.2) is 0 Å². The lowest BCUT2D eigenvalue weighted by Gasteiger charge is -2.17. The standard InChI is InChI=1S/C7H13NO2/c1-6-5-10-4-2-3-7(9)8-6/h6H,2-5H2,1H3,(H,8,9)/t6-/m0/s1. The molecule has 1 heterocycles. The lowest BCUT2D eigenvalue weighted by atomic mass is 10.2.